The molecule has 0 aliphatic carbocycles. The van der Waals surface area contributed by atoms with E-state index < -0.39 is 9.84 Å². The molecule has 168 valence electrons. The fraction of sp³-hybridized carbons (Fsp3) is 0.333. The van der Waals surface area contributed by atoms with Gasteiger partial charge < -0.3 is 10.1 Å². The minimum absolute atomic E-state index is 0.0215. The molecule has 3 aromatic rings. The summed E-state index contributed by atoms with van der Waals surface area (Å²) in [5.74, 6) is 1.47. The largest absolute Gasteiger partial charge is 0.493 e. The van der Waals surface area contributed by atoms with E-state index in [0.29, 0.717) is 41.8 Å². The minimum Gasteiger partial charge on any atom is -0.493 e. The second-order valence-corrected chi connectivity index (χ2v) is 10.7. The summed E-state index contributed by atoms with van der Waals surface area (Å²) in [4.78, 5) is 12.9. The predicted octanol–water partition coefficient (Wildman–Crippen LogP) is 4.20. The number of nitrogens with zero attached hydrogens (tertiary/aromatic N) is 2. The van der Waals surface area contributed by atoms with E-state index in [4.69, 9.17) is 4.74 Å². The maximum atomic E-state index is 12.9. The Balaban J connectivity index is 1.58. The number of sulfone groups is 1. The Bertz CT molecular complexity index is 1190. The molecule has 32 heavy (non-hydrogen) atoms. The Morgan fingerprint density at radius 3 is 2.50 bits per heavy atom. The van der Waals surface area contributed by atoms with E-state index in [0.717, 1.165) is 5.56 Å². The Labute approximate surface area is 188 Å². The first-order valence-electron chi connectivity index (χ1n) is 10.7. The minimum atomic E-state index is -3.10. The number of hydrogen-bond acceptors (Lipinski definition) is 5. The van der Waals surface area contributed by atoms with Gasteiger partial charge in [0, 0.05) is 17.2 Å². The lowest BCUT2D eigenvalue weighted by atomic mass is 10.1. The van der Waals surface area contributed by atoms with E-state index in [2.05, 4.69) is 24.3 Å². The lowest BCUT2D eigenvalue weighted by Gasteiger charge is -2.14. The highest BCUT2D eigenvalue weighted by Crippen LogP contribution is 2.30. The Morgan fingerprint density at radius 2 is 1.88 bits per heavy atom. The zero-order valence-electron chi connectivity index (χ0n) is 18.2. The Hall–Kier alpha value is -3.13. The first kappa shape index (κ1) is 22.1. The number of benzene rings is 2. The summed E-state index contributed by atoms with van der Waals surface area (Å²) in [7, 11) is -3.10. The lowest BCUT2D eigenvalue weighted by molar-refractivity contribution is 0.102. The number of nitrogens with one attached hydrogen (secondary N) is 1. The summed E-state index contributed by atoms with van der Waals surface area (Å²) in [5, 5.41) is 7.56. The molecule has 0 spiro atoms. The van der Waals surface area contributed by atoms with Crippen molar-refractivity contribution in [1.82, 2.24) is 9.78 Å². The van der Waals surface area contributed by atoms with Crippen molar-refractivity contribution in [3.63, 3.8) is 0 Å². The van der Waals surface area contributed by atoms with E-state index in [1.807, 2.05) is 30.3 Å². The Kier molecular flexibility index (Phi) is 6.32. The molecule has 2 aromatic carbocycles. The highest BCUT2D eigenvalue weighted by atomic mass is 32.2. The van der Waals surface area contributed by atoms with Gasteiger partial charge in [0.1, 0.15) is 11.6 Å². The molecule has 0 unspecified atom stereocenters. The molecule has 1 aliphatic heterocycles. The van der Waals surface area contributed by atoms with Crippen LogP contribution in [0.15, 0.2) is 60.7 Å². The molecular weight excluding hydrogens is 426 g/mol. The van der Waals surface area contributed by atoms with E-state index in [1.54, 1.807) is 35.0 Å². The molecule has 1 aliphatic rings. The fourth-order valence-electron chi connectivity index (χ4n) is 3.64. The lowest BCUT2D eigenvalue weighted by Crippen LogP contribution is -2.19. The van der Waals surface area contributed by atoms with Gasteiger partial charge >= 0.3 is 0 Å². The van der Waals surface area contributed by atoms with E-state index >= 15 is 0 Å². The van der Waals surface area contributed by atoms with Crippen molar-refractivity contribution < 1.29 is 17.9 Å². The third kappa shape index (κ3) is 5.19. The Morgan fingerprint density at radius 1 is 1.16 bits per heavy atom. The number of carbonyl (C=O) groups is 1. The summed E-state index contributed by atoms with van der Waals surface area (Å²) in [5.41, 5.74) is 2.06. The molecular formula is C24H27N3O4S. The number of amides is 1. The van der Waals surface area contributed by atoms with Crippen LogP contribution in [-0.2, 0) is 9.84 Å². The molecule has 1 aromatic heterocycles. The molecule has 1 amide bonds. The van der Waals surface area contributed by atoms with Crippen molar-refractivity contribution >= 4 is 21.6 Å². The second-order valence-electron chi connectivity index (χ2n) is 8.47. The summed E-state index contributed by atoms with van der Waals surface area (Å²) < 4.78 is 31.4. The van der Waals surface area contributed by atoms with Crippen LogP contribution in [-0.4, -0.2) is 42.2 Å². The molecule has 4 rings (SSSR count). The van der Waals surface area contributed by atoms with Crippen LogP contribution in [0.2, 0.25) is 0 Å². The molecule has 0 radical (unpaired) electrons. The normalized spacial score (nSPS) is 17.4. The van der Waals surface area contributed by atoms with Crippen LogP contribution in [0.3, 0.4) is 0 Å². The van der Waals surface area contributed by atoms with E-state index in [1.165, 1.54) is 0 Å². The third-order valence-corrected chi connectivity index (χ3v) is 7.05. The van der Waals surface area contributed by atoms with Crippen molar-refractivity contribution in [3.8, 4) is 17.0 Å². The molecule has 7 nitrogen and oxygen atoms in total. The number of aromatic nitrogens is 2. The van der Waals surface area contributed by atoms with Crippen LogP contribution >= 0.6 is 0 Å². The first-order chi connectivity index (χ1) is 15.3. The number of ether oxygens (including phenoxy) is 1. The molecule has 0 saturated carbocycles. The number of carbonyl (C=O) groups excluding carboxylic acids is 1. The highest BCUT2D eigenvalue weighted by Gasteiger charge is 2.32. The number of rotatable bonds is 7. The van der Waals surface area contributed by atoms with Gasteiger partial charge in [0.2, 0.25) is 0 Å². The van der Waals surface area contributed by atoms with E-state index in [9.17, 15) is 13.2 Å². The average Bonchev–Trinajstić information content (AvgIpc) is 3.36. The monoisotopic (exact) mass is 453 g/mol. The maximum Gasteiger partial charge on any atom is 0.256 e. The molecule has 1 atom stereocenters. The van der Waals surface area contributed by atoms with Gasteiger partial charge in [0.05, 0.1) is 29.8 Å². The van der Waals surface area contributed by atoms with Crippen molar-refractivity contribution in [1.29, 1.82) is 0 Å². The van der Waals surface area contributed by atoms with Crippen molar-refractivity contribution in [2.24, 2.45) is 5.92 Å². The molecule has 1 saturated heterocycles. The number of anilines is 1. The van der Waals surface area contributed by atoms with Crippen LogP contribution in [0.25, 0.3) is 11.3 Å². The quantitative estimate of drug-likeness (QED) is 0.579. The van der Waals surface area contributed by atoms with Gasteiger partial charge in [-0.15, -0.1) is 0 Å². The molecule has 2 heterocycles. The van der Waals surface area contributed by atoms with Gasteiger partial charge in [-0.05, 0) is 36.6 Å². The average molecular weight is 454 g/mol. The fourth-order valence-corrected chi connectivity index (χ4v) is 5.33. The summed E-state index contributed by atoms with van der Waals surface area (Å²) in [6.07, 6.45) is 0.475. The highest BCUT2D eigenvalue weighted by molar-refractivity contribution is 7.91. The van der Waals surface area contributed by atoms with Crippen LogP contribution < -0.4 is 10.1 Å². The van der Waals surface area contributed by atoms with Gasteiger partial charge in [-0.25, -0.2) is 13.1 Å². The molecule has 8 heteroatoms. The molecule has 1 N–H and O–H groups in total. The summed E-state index contributed by atoms with van der Waals surface area (Å²) >= 11 is 0. The topological polar surface area (TPSA) is 90.3 Å². The van der Waals surface area contributed by atoms with Gasteiger partial charge in [0.25, 0.3) is 5.91 Å². The predicted molar refractivity (Wildman–Crippen MR) is 125 cm³/mol. The van der Waals surface area contributed by atoms with Gasteiger partial charge in [-0.2, -0.15) is 5.10 Å². The second kappa shape index (κ2) is 9.16. The van der Waals surface area contributed by atoms with Crippen LogP contribution in [0, 0.1) is 5.92 Å². The van der Waals surface area contributed by atoms with Crippen molar-refractivity contribution in [2.75, 3.05) is 23.4 Å². The first-order valence-corrected chi connectivity index (χ1v) is 12.5. The zero-order chi connectivity index (χ0) is 22.7. The smallest absolute Gasteiger partial charge is 0.256 e. The zero-order valence-corrected chi connectivity index (χ0v) is 19.0. The van der Waals surface area contributed by atoms with Gasteiger partial charge in [-0.1, -0.05) is 44.2 Å². The van der Waals surface area contributed by atoms with Crippen LogP contribution in [0.1, 0.15) is 36.7 Å². The standard InChI is InChI=1S/C24H27N3O4S/c1-17(2)15-31-21-10-8-19(9-11-21)24(28)25-23-14-22(18-6-4-3-5-7-18)26-27(23)20-12-13-32(29,30)16-20/h3-11,14,17,20H,12-13,15-16H2,1-2H3,(H,25,28)/t20-/m0/s1. The van der Waals surface area contributed by atoms with E-state index in [-0.39, 0.29) is 23.5 Å². The van der Waals surface area contributed by atoms with Crippen molar-refractivity contribution in [3.05, 3.63) is 66.2 Å². The maximum absolute atomic E-state index is 12.9. The van der Waals surface area contributed by atoms with Gasteiger partial charge in [-0.3, -0.25) is 4.79 Å². The van der Waals surface area contributed by atoms with Crippen LogP contribution in [0.4, 0.5) is 5.82 Å². The summed E-state index contributed by atoms with van der Waals surface area (Å²) in [6, 6.07) is 18.1. The van der Waals surface area contributed by atoms with Crippen molar-refractivity contribution in [2.45, 2.75) is 26.3 Å². The third-order valence-electron chi connectivity index (χ3n) is 5.30. The molecule has 0 bridgehead atoms. The molecule has 1 fully saturated rings. The van der Waals surface area contributed by atoms with Gasteiger partial charge in [0.15, 0.2) is 9.84 Å². The van der Waals surface area contributed by atoms with Crippen LogP contribution in [0.5, 0.6) is 5.75 Å². The number of hydrogen-bond donors (Lipinski definition) is 1. The summed E-state index contributed by atoms with van der Waals surface area (Å²) in [6.45, 7) is 4.76. The SMILES string of the molecule is CC(C)COc1ccc(C(=O)Nc2cc(-c3ccccc3)nn2[C@H]2CCS(=O)(=O)C2)cc1.